The van der Waals surface area contributed by atoms with E-state index in [9.17, 15) is 4.79 Å². The van der Waals surface area contributed by atoms with Crippen molar-refractivity contribution in [3.8, 4) is 0 Å². The Labute approximate surface area is 60.1 Å². The van der Waals surface area contributed by atoms with Crippen LogP contribution in [0.5, 0.6) is 0 Å². The summed E-state index contributed by atoms with van der Waals surface area (Å²) in [5.41, 5.74) is 1.99. The molecule has 0 atom stereocenters. The van der Waals surface area contributed by atoms with Gasteiger partial charge in [-0.05, 0) is 0 Å². The summed E-state index contributed by atoms with van der Waals surface area (Å²) in [6, 6.07) is 0. The smallest absolute Gasteiger partial charge is 0.179 e. The van der Waals surface area contributed by atoms with E-state index in [4.69, 9.17) is 5.21 Å². The highest BCUT2D eigenvalue weighted by Gasteiger charge is 2.00. The summed E-state index contributed by atoms with van der Waals surface area (Å²) in [6.45, 7) is 1.37. The van der Waals surface area contributed by atoms with Crippen LogP contribution in [-0.4, -0.2) is 30.0 Å². The van der Waals surface area contributed by atoms with Crippen molar-refractivity contribution >= 4 is 5.78 Å². The molecule has 10 heavy (non-hydrogen) atoms. The Balaban J connectivity index is 4.19. The fourth-order valence-electron chi connectivity index (χ4n) is 0.457. The number of hydroxylamine groups is 1. The number of nitrogens with one attached hydrogen (secondary N) is 1. The van der Waals surface area contributed by atoms with E-state index < -0.39 is 0 Å². The Bertz CT molecular complexity index is 152. The fraction of sp³-hybridized carbons (Fsp3) is 0.500. The largest absolute Gasteiger partial charge is 0.382 e. The van der Waals surface area contributed by atoms with Gasteiger partial charge in [-0.3, -0.25) is 15.5 Å². The van der Waals surface area contributed by atoms with Crippen molar-refractivity contribution in [3.05, 3.63) is 11.9 Å². The number of ketones is 1. The molecule has 0 heterocycles. The molecule has 0 bridgehead atoms. The van der Waals surface area contributed by atoms with Gasteiger partial charge in [-0.25, -0.2) is 0 Å². The minimum Gasteiger partial charge on any atom is -0.382 e. The Morgan fingerprint density at radius 2 is 2.10 bits per heavy atom. The molecule has 0 saturated carbocycles. The first-order valence-corrected chi connectivity index (χ1v) is 2.87. The molecule has 0 aromatic heterocycles. The van der Waals surface area contributed by atoms with Crippen LogP contribution in [0.4, 0.5) is 0 Å². The van der Waals surface area contributed by atoms with Crippen LogP contribution in [0.25, 0.3) is 0 Å². The van der Waals surface area contributed by atoms with Crippen LogP contribution in [0.3, 0.4) is 0 Å². The van der Waals surface area contributed by atoms with Gasteiger partial charge in [-0.1, -0.05) is 0 Å². The van der Waals surface area contributed by atoms with Crippen LogP contribution >= 0.6 is 0 Å². The molecule has 0 aromatic rings. The molecular weight excluding hydrogens is 132 g/mol. The molecule has 0 amide bonds. The molecule has 4 nitrogen and oxygen atoms in total. The van der Waals surface area contributed by atoms with Crippen molar-refractivity contribution in [1.82, 2.24) is 10.4 Å². The zero-order valence-corrected chi connectivity index (χ0v) is 6.38. The highest BCUT2D eigenvalue weighted by atomic mass is 16.5. The maximum Gasteiger partial charge on any atom is 0.179 e. The molecule has 0 saturated heterocycles. The SMILES string of the molecule is CC(=O)/C(=C/N(C)C)NO. The van der Waals surface area contributed by atoms with Gasteiger partial charge in [-0.15, -0.1) is 0 Å². The molecule has 0 rings (SSSR count). The molecule has 2 N–H and O–H groups in total. The van der Waals surface area contributed by atoms with Crippen LogP contribution in [0.1, 0.15) is 6.92 Å². The summed E-state index contributed by atoms with van der Waals surface area (Å²) < 4.78 is 0. The van der Waals surface area contributed by atoms with Crippen LogP contribution in [0.2, 0.25) is 0 Å². The summed E-state index contributed by atoms with van der Waals surface area (Å²) in [4.78, 5) is 12.3. The van der Waals surface area contributed by atoms with Gasteiger partial charge < -0.3 is 4.90 Å². The van der Waals surface area contributed by atoms with Gasteiger partial charge in [0.15, 0.2) is 5.78 Å². The number of nitrogens with zero attached hydrogens (tertiary/aromatic N) is 1. The summed E-state index contributed by atoms with van der Waals surface area (Å²) in [7, 11) is 3.53. The number of carbonyl (C=O) groups is 1. The first kappa shape index (κ1) is 8.97. The molecule has 0 radical (unpaired) electrons. The molecule has 0 aliphatic heterocycles. The molecule has 0 spiro atoms. The fourth-order valence-corrected chi connectivity index (χ4v) is 0.457. The number of allylic oxidation sites excluding steroid dienone is 1. The third kappa shape index (κ3) is 3.09. The van der Waals surface area contributed by atoms with E-state index in [1.54, 1.807) is 24.5 Å². The Morgan fingerprint density at radius 3 is 2.20 bits per heavy atom. The van der Waals surface area contributed by atoms with E-state index >= 15 is 0 Å². The van der Waals surface area contributed by atoms with E-state index in [1.807, 2.05) is 0 Å². The second-order valence-corrected chi connectivity index (χ2v) is 2.17. The lowest BCUT2D eigenvalue weighted by Gasteiger charge is -2.07. The van der Waals surface area contributed by atoms with Gasteiger partial charge in [0.25, 0.3) is 0 Å². The first-order valence-electron chi connectivity index (χ1n) is 2.87. The molecular formula is C6H12N2O2. The zero-order valence-electron chi connectivity index (χ0n) is 6.38. The Kier molecular flexibility index (Phi) is 3.49. The highest BCUT2D eigenvalue weighted by Crippen LogP contribution is 1.90. The van der Waals surface area contributed by atoms with E-state index in [1.165, 1.54) is 13.1 Å². The van der Waals surface area contributed by atoms with Crippen LogP contribution in [0, 0.1) is 0 Å². The average molecular weight is 144 g/mol. The summed E-state index contributed by atoms with van der Waals surface area (Å²) in [5.74, 6) is -0.198. The van der Waals surface area contributed by atoms with Gasteiger partial charge in [0, 0.05) is 27.2 Å². The number of hydrogen-bond acceptors (Lipinski definition) is 4. The Morgan fingerprint density at radius 1 is 1.60 bits per heavy atom. The normalized spacial score (nSPS) is 11.0. The maximum atomic E-state index is 10.6. The predicted octanol–water partition coefficient (Wildman–Crippen LogP) is -0.0428. The third-order valence-electron chi connectivity index (χ3n) is 0.887. The number of carbonyl (C=O) groups excluding carboxylic acids is 1. The van der Waals surface area contributed by atoms with Crippen LogP contribution in [0.15, 0.2) is 11.9 Å². The molecule has 0 aromatic carbocycles. The average Bonchev–Trinajstić information content (AvgIpc) is 1.81. The number of rotatable bonds is 3. The van der Waals surface area contributed by atoms with Crippen molar-refractivity contribution in [2.45, 2.75) is 6.92 Å². The van der Waals surface area contributed by atoms with Gasteiger partial charge in [0.05, 0.1) is 0 Å². The molecule has 4 heteroatoms. The lowest BCUT2D eigenvalue weighted by Crippen LogP contribution is -2.17. The van der Waals surface area contributed by atoms with Gasteiger partial charge in [-0.2, -0.15) is 0 Å². The van der Waals surface area contributed by atoms with Crippen LogP contribution in [-0.2, 0) is 4.79 Å². The van der Waals surface area contributed by atoms with Crippen molar-refractivity contribution in [2.75, 3.05) is 14.1 Å². The quantitative estimate of drug-likeness (QED) is 0.431. The summed E-state index contributed by atoms with van der Waals surface area (Å²) in [6.07, 6.45) is 1.50. The monoisotopic (exact) mass is 144 g/mol. The van der Waals surface area contributed by atoms with E-state index in [0.717, 1.165) is 0 Å². The van der Waals surface area contributed by atoms with E-state index in [2.05, 4.69) is 0 Å². The minimum atomic E-state index is -0.198. The molecule has 0 fully saturated rings. The minimum absolute atomic E-state index is 0.185. The lowest BCUT2D eigenvalue weighted by molar-refractivity contribution is -0.114. The lowest BCUT2D eigenvalue weighted by atomic mass is 10.3. The first-order chi connectivity index (χ1) is 4.57. The van der Waals surface area contributed by atoms with E-state index in [-0.39, 0.29) is 11.5 Å². The Hall–Kier alpha value is -1.03. The highest BCUT2D eigenvalue weighted by molar-refractivity contribution is 5.92. The molecule has 0 aliphatic carbocycles. The standard InChI is InChI=1S/C6H12N2O2/c1-5(9)6(7-10)4-8(2)3/h4,7,10H,1-3H3/b6-4-. The zero-order chi connectivity index (χ0) is 8.15. The predicted molar refractivity (Wildman–Crippen MR) is 37.4 cm³/mol. The second-order valence-electron chi connectivity index (χ2n) is 2.17. The molecule has 0 aliphatic rings. The van der Waals surface area contributed by atoms with Crippen molar-refractivity contribution in [3.63, 3.8) is 0 Å². The maximum absolute atomic E-state index is 10.6. The number of Topliss-reactive ketones (excluding diaryl/α,β-unsaturated/α-hetero) is 1. The van der Waals surface area contributed by atoms with Crippen molar-refractivity contribution in [1.29, 1.82) is 0 Å². The molecule has 0 unspecified atom stereocenters. The van der Waals surface area contributed by atoms with Crippen molar-refractivity contribution < 1.29 is 10.0 Å². The summed E-state index contributed by atoms with van der Waals surface area (Å²) >= 11 is 0. The second kappa shape index (κ2) is 3.90. The van der Waals surface area contributed by atoms with Gasteiger partial charge in [0.1, 0.15) is 5.70 Å². The summed E-state index contributed by atoms with van der Waals surface area (Å²) in [5, 5.41) is 8.38. The van der Waals surface area contributed by atoms with Crippen LogP contribution < -0.4 is 5.48 Å². The van der Waals surface area contributed by atoms with Gasteiger partial charge >= 0.3 is 0 Å². The van der Waals surface area contributed by atoms with Gasteiger partial charge in [0.2, 0.25) is 0 Å². The van der Waals surface area contributed by atoms with E-state index in [0.29, 0.717) is 0 Å². The third-order valence-corrected chi connectivity index (χ3v) is 0.887. The van der Waals surface area contributed by atoms with Crippen molar-refractivity contribution in [2.24, 2.45) is 0 Å². The molecule has 58 valence electrons. The number of hydrogen-bond donors (Lipinski definition) is 2. The topological polar surface area (TPSA) is 52.6 Å².